The van der Waals surface area contributed by atoms with Crippen molar-refractivity contribution >= 4 is 0 Å². The number of fused-ring (bicyclic) bond motifs is 1. The average Bonchev–Trinajstić information content (AvgIpc) is 2.83. The molecular formula is C12H18O. The molecule has 0 spiro atoms. The zero-order chi connectivity index (χ0) is 8.93. The quantitative estimate of drug-likeness (QED) is 0.410. The topological polar surface area (TPSA) is 12.5 Å². The van der Waals surface area contributed by atoms with Gasteiger partial charge in [0.15, 0.2) is 0 Å². The first-order valence-corrected chi connectivity index (χ1v) is 5.42. The second kappa shape index (κ2) is 4.61. The fraction of sp³-hybridized carbons (Fsp3) is 0.667. The molecule has 1 aliphatic carbocycles. The molecule has 0 aromatic heterocycles. The van der Waals surface area contributed by atoms with Crippen LogP contribution in [0, 0.1) is 0 Å². The Bertz CT molecular complexity index is 183. The van der Waals surface area contributed by atoms with Gasteiger partial charge in [-0.1, -0.05) is 24.3 Å². The molecule has 0 radical (unpaired) electrons. The van der Waals surface area contributed by atoms with Crippen molar-refractivity contribution in [2.45, 2.75) is 50.7 Å². The molecule has 1 nitrogen and oxygen atoms in total. The lowest BCUT2D eigenvalue weighted by Gasteiger charge is -1.94. The normalized spacial score (nSPS) is 36.9. The van der Waals surface area contributed by atoms with E-state index in [0.717, 1.165) is 0 Å². The maximum atomic E-state index is 5.56. The van der Waals surface area contributed by atoms with Crippen LogP contribution in [0.1, 0.15) is 38.5 Å². The van der Waals surface area contributed by atoms with E-state index < -0.39 is 0 Å². The molecule has 0 aromatic carbocycles. The van der Waals surface area contributed by atoms with Crippen molar-refractivity contribution in [3.63, 3.8) is 0 Å². The molecule has 0 saturated carbocycles. The van der Waals surface area contributed by atoms with E-state index in [1.807, 2.05) is 0 Å². The average molecular weight is 178 g/mol. The second-order valence-corrected chi connectivity index (χ2v) is 3.89. The van der Waals surface area contributed by atoms with Gasteiger partial charge in [0.25, 0.3) is 0 Å². The molecule has 72 valence electrons. The molecule has 2 aliphatic rings. The Balaban J connectivity index is 1.80. The molecule has 2 atom stereocenters. The third-order valence-electron chi connectivity index (χ3n) is 2.76. The second-order valence-electron chi connectivity index (χ2n) is 3.89. The first-order valence-electron chi connectivity index (χ1n) is 5.42. The molecule has 1 heteroatoms. The van der Waals surface area contributed by atoms with Gasteiger partial charge in [-0.2, -0.15) is 0 Å². The van der Waals surface area contributed by atoms with Gasteiger partial charge >= 0.3 is 0 Å². The first kappa shape index (κ1) is 9.01. The summed E-state index contributed by atoms with van der Waals surface area (Å²) in [5.41, 5.74) is 0. The van der Waals surface area contributed by atoms with E-state index in [2.05, 4.69) is 24.3 Å². The van der Waals surface area contributed by atoms with E-state index in [9.17, 15) is 0 Å². The highest BCUT2D eigenvalue weighted by Crippen LogP contribution is 2.30. The Morgan fingerprint density at radius 2 is 1.15 bits per heavy atom. The summed E-state index contributed by atoms with van der Waals surface area (Å²) in [5, 5.41) is 0. The molecule has 0 N–H and O–H groups in total. The predicted molar refractivity (Wildman–Crippen MR) is 54.6 cm³/mol. The molecule has 13 heavy (non-hydrogen) atoms. The van der Waals surface area contributed by atoms with E-state index in [-0.39, 0.29) is 0 Å². The van der Waals surface area contributed by atoms with Gasteiger partial charge in [-0.05, 0) is 38.5 Å². The largest absolute Gasteiger partial charge is 0.370 e. The van der Waals surface area contributed by atoms with Crippen LogP contribution in [0.4, 0.5) is 0 Å². The summed E-state index contributed by atoms with van der Waals surface area (Å²) < 4.78 is 5.56. The van der Waals surface area contributed by atoms with Gasteiger partial charge < -0.3 is 4.74 Å². The van der Waals surface area contributed by atoms with Crippen molar-refractivity contribution in [2.24, 2.45) is 0 Å². The highest BCUT2D eigenvalue weighted by molar-refractivity contribution is 4.94. The number of epoxide rings is 1. The Morgan fingerprint density at radius 3 is 1.69 bits per heavy atom. The summed E-state index contributed by atoms with van der Waals surface area (Å²) in [6.45, 7) is 0. The summed E-state index contributed by atoms with van der Waals surface area (Å²) in [4.78, 5) is 0. The maximum Gasteiger partial charge on any atom is 0.0845 e. The van der Waals surface area contributed by atoms with E-state index in [4.69, 9.17) is 4.74 Å². The summed E-state index contributed by atoms with van der Waals surface area (Å²) >= 11 is 0. The molecule has 1 aliphatic heterocycles. The summed E-state index contributed by atoms with van der Waals surface area (Å²) in [6, 6.07) is 0. The van der Waals surface area contributed by atoms with Crippen molar-refractivity contribution in [3.05, 3.63) is 24.3 Å². The molecule has 1 fully saturated rings. The molecule has 1 saturated heterocycles. The van der Waals surface area contributed by atoms with Crippen LogP contribution in [0.2, 0.25) is 0 Å². The number of hydrogen-bond acceptors (Lipinski definition) is 1. The fourth-order valence-electron chi connectivity index (χ4n) is 1.87. The standard InChI is InChI=1S/C12H18O/c1-2-4-6-8-10-12-11(13-12)9-7-5-3-1/h3-6,11-12H,1-2,7-10H2/b5-3-,6-4?/t11-,12+/m1/s1. The third-order valence-corrected chi connectivity index (χ3v) is 2.76. The van der Waals surface area contributed by atoms with Crippen LogP contribution in [0.15, 0.2) is 24.3 Å². The minimum Gasteiger partial charge on any atom is -0.370 e. The van der Waals surface area contributed by atoms with Gasteiger partial charge in [0.1, 0.15) is 0 Å². The Labute approximate surface area is 80.5 Å². The van der Waals surface area contributed by atoms with Crippen LogP contribution in [0.25, 0.3) is 0 Å². The molecule has 0 amide bonds. The van der Waals surface area contributed by atoms with E-state index >= 15 is 0 Å². The van der Waals surface area contributed by atoms with Gasteiger partial charge in [-0.15, -0.1) is 0 Å². The monoisotopic (exact) mass is 178 g/mol. The number of rotatable bonds is 0. The Kier molecular flexibility index (Phi) is 3.20. The van der Waals surface area contributed by atoms with Crippen molar-refractivity contribution in [1.82, 2.24) is 0 Å². The SMILES string of the molecule is C1=CCC[C@@H]2O[C@@H]2CC/C=C\CC1. The predicted octanol–water partition coefficient (Wildman–Crippen LogP) is 3.22. The molecule has 0 bridgehead atoms. The molecular weight excluding hydrogens is 160 g/mol. The lowest BCUT2D eigenvalue weighted by molar-refractivity contribution is 0.357. The van der Waals surface area contributed by atoms with Gasteiger partial charge in [0, 0.05) is 0 Å². The zero-order valence-corrected chi connectivity index (χ0v) is 8.11. The van der Waals surface area contributed by atoms with Crippen LogP contribution in [-0.2, 0) is 4.74 Å². The van der Waals surface area contributed by atoms with Gasteiger partial charge in [-0.3, -0.25) is 0 Å². The first-order chi connectivity index (χ1) is 6.47. The van der Waals surface area contributed by atoms with Crippen LogP contribution < -0.4 is 0 Å². The highest BCUT2D eigenvalue weighted by atomic mass is 16.6. The van der Waals surface area contributed by atoms with Crippen molar-refractivity contribution < 1.29 is 4.74 Å². The third kappa shape index (κ3) is 3.00. The highest BCUT2D eigenvalue weighted by Gasteiger charge is 2.36. The summed E-state index contributed by atoms with van der Waals surface area (Å²) in [7, 11) is 0. The van der Waals surface area contributed by atoms with Crippen LogP contribution in [0.3, 0.4) is 0 Å². The Morgan fingerprint density at radius 1 is 0.692 bits per heavy atom. The summed E-state index contributed by atoms with van der Waals surface area (Å²) in [6.07, 6.45) is 17.6. The van der Waals surface area contributed by atoms with Crippen molar-refractivity contribution in [3.8, 4) is 0 Å². The lowest BCUT2D eigenvalue weighted by atomic mass is 10.1. The maximum absolute atomic E-state index is 5.56. The van der Waals surface area contributed by atoms with E-state index in [1.54, 1.807) is 0 Å². The smallest absolute Gasteiger partial charge is 0.0845 e. The lowest BCUT2D eigenvalue weighted by Crippen LogP contribution is -1.93. The molecule has 0 aromatic rings. The van der Waals surface area contributed by atoms with Crippen LogP contribution >= 0.6 is 0 Å². The molecule has 1 heterocycles. The van der Waals surface area contributed by atoms with E-state index in [0.29, 0.717) is 12.2 Å². The van der Waals surface area contributed by atoms with Crippen LogP contribution in [-0.4, -0.2) is 12.2 Å². The van der Waals surface area contributed by atoms with Crippen molar-refractivity contribution in [2.75, 3.05) is 0 Å². The minimum atomic E-state index is 0.581. The molecule has 0 unspecified atom stereocenters. The van der Waals surface area contributed by atoms with Crippen molar-refractivity contribution in [1.29, 1.82) is 0 Å². The number of ether oxygens (including phenoxy) is 1. The Hall–Kier alpha value is -0.560. The minimum absolute atomic E-state index is 0.581. The van der Waals surface area contributed by atoms with Crippen LogP contribution in [0.5, 0.6) is 0 Å². The number of allylic oxidation sites excluding steroid dienone is 4. The van der Waals surface area contributed by atoms with E-state index in [1.165, 1.54) is 38.5 Å². The summed E-state index contributed by atoms with van der Waals surface area (Å²) in [5.74, 6) is 0. The fourth-order valence-corrected chi connectivity index (χ4v) is 1.87. The van der Waals surface area contributed by atoms with Gasteiger partial charge in [-0.25, -0.2) is 0 Å². The van der Waals surface area contributed by atoms with Gasteiger partial charge in [0.2, 0.25) is 0 Å². The zero-order valence-electron chi connectivity index (χ0n) is 8.11. The van der Waals surface area contributed by atoms with Gasteiger partial charge in [0.05, 0.1) is 12.2 Å². The number of hydrogen-bond donors (Lipinski definition) is 0. The molecule has 2 rings (SSSR count).